The fourth-order valence-electron chi connectivity index (χ4n) is 3.12. The molecule has 3 rings (SSSR count). The van der Waals surface area contributed by atoms with Crippen LogP contribution in [0.15, 0.2) is 90.4 Å². The Morgan fingerprint density at radius 1 is 1.03 bits per heavy atom. The first-order valence-electron chi connectivity index (χ1n) is 10.5. The maximum Gasteiger partial charge on any atom is 2.00 e. The second-order valence-electron chi connectivity index (χ2n) is 7.10. The van der Waals surface area contributed by atoms with Gasteiger partial charge in [-0.1, -0.05) is 36.4 Å². The maximum atomic E-state index is 12.3. The Labute approximate surface area is 217 Å². The molecule has 2 aromatic rings. The van der Waals surface area contributed by atoms with E-state index < -0.39 is 6.17 Å². The molecular formula is C25H29Cl2FeN3O2. The Balaban J connectivity index is 0.000000799. The smallest absolute Gasteiger partial charge is 0.860 e. The first-order valence-corrected chi connectivity index (χ1v) is 11.5. The van der Waals surface area contributed by atoms with Crippen LogP contribution < -0.4 is 20.6 Å². The van der Waals surface area contributed by atoms with Crippen LogP contribution in [0.4, 0.5) is 5.69 Å². The van der Waals surface area contributed by atoms with Gasteiger partial charge in [-0.3, -0.25) is 4.79 Å². The third-order valence-electron chi connectivity index (χ3n) is 4.61. The quantitative estimate of drug-likeness (QED) is 0.162. The number of benzene rings is 1. The van der Waals surface area contributed by atoms with Crippen LogP contribution in [-0.2, 0) is 28.3 Å². The van der Waals surface area contributed by atoms with Crippen molar-refractivity contribution in [3.05, 3.63) is 95.9 Å². The summed E-state index contributed by atoms with van der Waals surface area (Å²) in [6.45, 7) is 2.87. The number of hydrogen-bond donors (Lipinski definition) is 2. The third-order valence-corrected chi connectivity index (χ3v) is 4.95. The Morgan fingerprint density at radius 2 is 1.61 bits per heavy atom. The van der Waals surface area contributed by atoms with E-state index in [4.69, 9.17) is 23.2 Å². The van der Waals surface area contributed by atoms with Crippen molar-refractivity contribution in [3.8, 4) is 0 Å². The van der Waals surface area contributed by atoms with E-state index in [1.165, 1.54) is 6.92 Å². The van der Waals surface area contributed by atoms with E-state index in [0.717, 1.165) is 24.3 Å². The summed E-state index contributed by atoms with van der Waals surface area (Å²) in [5.41, 5.74) is 2.60. The predicted octanol–water partition coefficient (Wildman–Crippen LogP) is 3.67. The fourth-order valence-corrected chi connectivity index (χ4v) is 3.53. The summed E-state index contributed by atoms with van der Waals surface area (Å²) in [5.74, 6) is 0.633. The van der Waals surface area contributed by atoms with Crippen molar-refractivity contribution in [3.63, 3.8) is 0 Å². The molecule has 1 unspecified atom stereocenters. The molecule has 0 saturated heterocycles. The first kappa shape index (κ1) is 28.8. The molecule has 178 valence electrons. The number of rotatable bonds is 10. The number of halogens is 2. The average molecular weight is 530 g/mol. The topological polar surface area (TPSA) is 67.4 Å². The number of nitrogens with zero attached hydrogens (tertiary/aromatic N) is 1. The Morgan fingerprint density at radius 3 is 2.06 bits per heavy atom. The Hall–Kier alpha value is -2.24. The number of carbonyl (C=O) groups is 1. The summed E-state index contributed by atoms with van der Waals surface area (Å²) in [6, 6.07) is 18.0. The molecule has 0 bridgehead atoms. The molecule has 1 amide bonds. The number of anilines is 1. The molecule has 2 N–H and O–H groups in total. The summed E-state index contributed by atoms with van der Waals surface area (Å²) in [6.07, 6.45) is 7.06. The van der Waals surface area contributed by atoms with E-state index in [1.807, 2.05) is 54.6 Å². The van der Waals surface area contributed by atoms with Gasteiger partial charge >= 0.3 is 17.1 Å². The van der Waals surface area contributed by atoms with Crippen LogP contribution in [0.2, 0.25) is 0 Å². The monoisotopic (exact) mass is 529 g/mol. The van der Waals surface area contributed by atoms with Gasteiger partial charge < -0.3 is 20.6 Å². The van der Waals surface area contributed by atoms with Gasteiger partial charge in [0.15, 0.2) is 0 Å². The maximum absolute atomic E-state index is 12.3. The minimum Gasteiger partial charge on any atom is -0.860 e. The van der Waals surface area contributed by atoms with Crippen molar-refractivity contribution in [1.29, 1.82) is 0 Å². The van der Waals surface area contributed by atoms with Crippen LogP contribution in [-0.4, -0.2) is 36.9 Å². The number of alkyl halides is 2. The van der Waals surface area contributed by atoms with Crippen LogP contribution in [0.5, 0.6) is 0 Å². The molecule has 8 heteroatoms. The molecule has 0 radical (unpaired) electrons. The van der Waals surface area contributed by atoms with Crippen molar-refractivity contribution in [2.45, 2.75) is 19.5 Å². The van der Waals surface area contributed by atoms with Crippen molar-refractivity contribution in [2.24, 2.45) is 0 Å². The van der Waals surface area contributed by atoms with Crippen molar-refractivity contribution < 1.29 is 27.0 Å². The van der Waals surface area contributed by atoms with Gasteiger partial charge in [0.05, 0.1) is 0 Å². The van der Waals surface area contributed by atoms with E-state index in [2.05, 4.69) is 15.5 Å². The number of hydrogen-bond acceptors (Lipinski definition) is 4. The van der Waals surface area contributed by atoms with Gasteiger partial charge in [0, 0.05) is 43.9 Å². The van der Waals surface area contributed by atoms with E-state index in [-0.39, 0.29) is 28.9 Å². The zero-order chi connectivity index (χ0) is 23.2. The molecule has 1 atom stereocenters. The third kappa shape index (κ3) is 11.0. The summed E-state index contributed by atoms with van der Waals surface area (Å²) >= 11 is 11.7. The number of amides is 1. The standard InChI is InChI=1S/C20H25Cl2N3O2.C5H5.Fe/c1-15(26)23-19(24-20(27)17-4-2-3-5-17)14-16-6-8-18(9-7-16)25(12-10-21)13-11-22;1-2-4-5-3-1;/h2-9,19,24,27H,10-14H2,1H3,(H,23,26);1-5H;/q;-1;+2/p-1. The summed E-state index contributed by atoms with van der Waals surface area (Å²) in [4.78, 5) is 13.6. The van der Waals surface area contributed by atoms with Crippen molar-refractivity contribution >= 4 is 34.8 Å². The van der Waals surface area contributed by atoms with Crippen molar-refractivity contribution in [2.75, 3.05) is 29.7 Å². The van der Waals surface area contributed by atoms with Crippen LogP contribution >= 0.6 is 23.2 Å². The second kappa shape index (κ2) is 16.4. The van der Waals surface area contributed by atoms with Crippen molar-refractivity contribution in [1.82, 2.24) is 10.6 Å². The Kier molecular flexibility index (Phi) is 14.3. The molecular weight excluding hydrogens is 501 g/mol. The normalized spacial score (nSPS) is 12.3. The summed E-state index contributed by atoms with van der Waals surface area (Å²) in [5, 5.41) is 17.9. The molecule has 0 heterocycles. The second-order valence-corrected chi connectivity index (χ2v) is 7.85. The molecule has 0 aromatic heterocycles. The van der Waals surface area contributed by atoms with Crippen LogP contribution in [0.3, 0.4) is 0 Å². The molecule has 33 heavy (non-hydrogen) atoms. The SMILES string of the molecule is CC(=O)NC(Cc1ccc(N(CCCl)CCCl)cc1)NC([O-])=C1C=CC=C1.[Fe+2].c1cc[cH-]c1. The number of carbonyl (C=O) groups excluding carboxylic acids is 1. The van der Waals surface area contributed by atoms with Gasteiger partial charge in [-0.25, -0.2) is 12.1 Å². The van der Waals surface area contributed by atoms with Gasteiger partial charge in [0.2, 0.25) is 5.91 Å². The number of nitrogens with one attached hydrogen (secondary N) is 2. The summed E-state index contributed by atoms with van der Waals surface area (Å²) in [7, 11) is 0. The summed E-state index contributed by atoms with van der Waals surface area (Å²) < 4.78 is 0. The van der Waals surface area contributed by atoms with E-state index in [9.17, 15) is 9.90 Å². The largest absolute Gasteiger partial charge is 2.00 e. The van der Waals surface area contributed by atoms with E-state index in [0.29, 0.717) is 23.8 Å². The average Bonchev–Trinajstić information content (AvgIpc) is 3.50. The van der Waals surface area contributed by atoms with E-state index >= 15 is 0 Å². The van der Waals surface area contributed by atoms with Gasteiger partial charge in [-0.15, -0.1) is 23.2 Å². The molecule has 2 aromatic carbocycles. The van der Waals surface area contributed by atoms with Gasteiger partial charge in [-0.2, -0.15) is 18.2 Å². The van der Waals surface area contributed by atoms with E-state index in [1.54, 1.807) is 24.3 Å². The molecule has 0 aliphatic heterocycles. The molecule has 1 aliphatic rings. The predicted molar refractivity (Wildman–Crippen MR) is 132 cm³/mol. The van der Waals surface area contributed by atoms with Gasteiger partial charge in [0.1, 0.15) is 6.17 Å². The molecule has 1 aliphatic carbocycles. The molecule has 0 fully saturated rings. The molecule has 5 nitrogen and oxygen atoms in total. The van der Waals surface area contributed by atoms with Gasteiger partial charge in [0.25, 0.3) is 0 Å². The fraction of sp³-hybridized carbons (Fsp3) is 0.280. The minimum absolute atomic E-state index is 0. The minimum atomic E-state index is -0.488. The van der Waals surface area contributed by atoms with Crippen LogP contribution in [0.1, 0.15) is 12.5 Å². The Bertz CT molecular complexity index is 860. The van der Waals surface area contributed by atoms with Crippen LogP contribution in [0.25, 0.3) is 0 Å². The zero-order valence-electron chi connectivity index (χ0n) is 18.5. The molecule has 0 spiro atoms. The zero-order valence-corrected chi connectivity index (χ0v) is 21.1. The number of allylic oxidation sites excluding steroid dienone is 5. The van der Waals surface area contributed by atoms with Crippen LogP contribution in [0, 0.1) is 0 Å². The molecule has 0 saturated carbocycles. The first-order chi connectivity index (χ1) is 15.5. The van der Waals surface area contributed by atoms with Gasteiger partial charge in [-0.05, 0) is 29.2 Å².